The van der Waals surface area contributed by atoms with Gasteiger partial charge in [0.1, 0.15) is 0 Å². The van der Waals surface area contributed by atoms with E-state index in [9.17, 15) is 4.79 Å². The van der Waals surface area contributed by atoms with Gasteiger partial charge >= 0.3 is 5.97 Å². The van der Waals surface area contributed by atoms with Crippen molar-refractivity contribution in [1.82, 2.24) is 0 Å². The fourth-order valence-electron chi connectivity index (χ4n) is 3.07. The fraction of sp³-hybridized carbons (Fsp3) is 0.533. The van der Waals surface area contributed by atoms with E-state index >= 15 is 0 Å². The molecule has 0 radical (unpaired) electrons. The van der Waals surface area contributed by atoms with Crippen LogP contribution in [0.2, 0.25) is 0 Å². The Balaban J connectivity index is 1.77. The molecular weight excluding hydrogens is 226 g/mol. The molecule has 1 aromatic carbocycles. The molecule has 1 fully saturated rings. The molecule has 1 saturated carbocycles. The summed E-state index contributed by atoms with van der Waals surface area (Å²) < 4.78 is 0. The number of rotatable bonds is 4. The van der Waals surface area contributed by atoms with Crippen molar-refractivity contribution in [3.63, 3.8) is 0 Å². The molecule has 2 aliphatic rings. The van der Waals surface area contributed by atoms with Crippen molar-refractivity contribution in [1.29, 1.82) is 0 Å². The number of aryl methyl sites for hydroxylation is 1. The number of carboxylic acid groups (broad SMARTS) is 1. The minimum absolute atomic E-state index is 0.0519. The third kappa shape index (κ3) is 2.22. The monoisotopic (exact) mass is 245 g/mol. The minimum atomic E-state index is -0.655. The van der Waals surface area contributed by atoms with Crippen LogP contribution >= 0.6 is 0 Å². The lowest BCUT2D eigenvalue weighted by Crippen LogP contribution is -2.35. The molecule has 0 saturated heterocycles. The van der Waals surface area contributed by atoms with E-state index in [1.807, 2.05) is 0 Å². The highest BCUT2D eigenvalue weighted by Gasteiger charge is 2.46. The Bertz CT molecular complexity index is 465. The number of benzene rings is 1. The van der Waals surface area contributed by atoms with Crippen molar-refractivity contribution in [2.45, 2.75) is 32.1 Å². The number of carboxylic acids is 1. The number of aliphatic carboxylic acids is 1. The number of fused-ring (bicyclic) bond motifs is 1. The molecule has 0 amide bonds. The third-order valence-electron chi connectivity index (χ3n) is 4.22. The lowest BCUT2D eigenvalue weighted by Gasteiger charge is -2.34. The average molecular weight is 245 g/mol. The molecule has 1 N–H and O–H groups in total. The number of carbonyl (C=O) groups is 1. The van der Waals surface area contributed by atoms with E-state index < -0.39 is 5.97 Å². The first-order valence-electron chi connectivity index (χ1n) is 6.73. The van der Waals surface area contributed by atoms with Crippen molar-refractivity contribution in [2.24, 2.45) is 5.41 Å². The van der Waals surface area contributed by atoms with E-state index in [1.165, 1.54) is 17.7 Å². The number of nitrogens with zero attached hydrogens (tertiary/aromatic N) is 1. The zero-order valence-electron chi connectivity index (χ0n) is 10.6. The van der Waals surface area contributed by atoms with Gasteiger partial charge in [-0.05, 0) is 42.7 Å². The predicted molar refractivity (Wildman–Crippen MR) is 70.9 cm³/mol. The average Bonchev–Trinajstić information content (AvgIpc) is 3.08. The molecule has 3 nitrogen and oxygen atoms in total. The van der Waals surface area contributed by atoms with Gasteiger partial charge in [-0.15, -0.1) is 0 Å². The van der Waals surface area contributed by atoms with Gasteiger partial charge in [0.25, 0.3) is 0 Å². The Labute approximate surface area is 107 Å². The highest BCUT2D eigenvalue weighted by molar-refractivity contribution is 5.68. The van der Waals surface area contributed by atoms with Gasteiger partial charge < -0.3 is 10.0 Å². The van der Waals surface area contributed by atoms with Crippen LogP contribution in [0.5, 0.6) is 0 Å². The predicted octanol–water partition coefficient (Wildman–Crippen LogP) is 2.69. The van der Waals surface area contributed by atoms with Crippen LogP contribution in [-0.4, -0.2) is 24.2 Å². The molecule has 1 aliphatic carbocycles. The van der Waals surface area contributed by atoms with E-state index in [2.05, 4.69) is 29.2 Å². The number of hydrogen-bond acceptors (Lipinski definition) is 2. The number of para-hydroxylation sites is 1. The van der Waals surface area contributed by atoms with Crippen molar-refractivity contribution in [3.05, 3.63) is 29.8 Å². The van der Waals surface area contributed by atoms with Crippen LogP contribution < -0.4 is 4.90 Å². The molecule has 0 bridgehead atoms. The van der Waals surface area contributed by atoms with Crippen molar-refractivity contribution >= 4 is 11.7 Å². The quantitative estimate of drug-likeness (QED) is 0.886. The second-order valence-electron chi connectivity index (χ2n) is 5.72. The smallest absolute Gasteiger partial charge is 0.303 e. The first-order valence-corrected chi connectivity index (χ1v) is 6.73. The molecule has 0 atom stereocenters. The van der Waals surface area contributed by atoms with Gasteiger partial charge in [-0.1, -0.05) is 18.2 Å². The fourth-order valence-corrected chi connectivity index (χ4v) is 3.07. The molecule has 0 unspecified atom stereocenters. The summed E-state index contributed by atoms with van der Waals surface area (Å²) in [6.07, 6.45) is 4.79. The normalized spacial score (nSPS) is 20.3. The zero-order chi connectivity index (χ0) is 12.6. The van der Waals surface area contributed by atoms with Crippen LogP contribution in [0.4, 0.5) is 5.69 Å². The van der Waals surface area contributed by atoms with E-state index in [4.69, 9.17) is 5.11 Å². The third-order valence-corrected chi connectivity index (χ3v) is 4.22. The standard InChI is InChI=1S/C15H19NO2/c17-14(18)10-15(7-8-15)11-16-9-3-5-12-4-1-2-6-13(12)16/h1-2,4,6H,3,5,7-11H2,(H,17,18). The molecule has 3 heteroatoms. The zero-order valence-corrected chi connectivity index (χ0v) is 10.6. The Hall–Kier alpha value is -1.51. The van der Waals surface area contributed by atoms with Crippen molar-refractivity contribution < 1.29 is 9.90 Å². The van der Waals surface area contributed by atoms with E-state index in [0.29, 0.717) is 6.42 Å². The van der Waals surface area contributed by atoms with Gasteiger partial charge in [0.2, 0.25) is 0 Å². The van der Waals surface area contributed by atoms with Crippen LogP contribution in [0, 0.1) is 5.41 Å². The maximum Gasteiger partial charge on any atom is 0.303 e. The molecule has 3 rings (SSSR count). The molecule has 18 heavy (non-hydrogen) atoms. The van der Waals surface area contributed by atoms with Crippen LogP contribution in [0.1, 0.15) is 31.2 Å². The molecule has 0 aromatic heterocycles. The summed E-state index contributed by atoms with van der Waals surface area (Å²) in [5, 5.41) is 9.00. The van der Waals surface area contributed by atoms with E-state index in [-0.39, 0.29) is 5.41 Å². The summed E-state index contributed by atoms with van der Waals surface area (Å²) in [5.41, 5.74) is 2.78. The van der Waals surface area contributed by atoms with Gasteiger partial charge in [-0.25, -0.2) is 0 Å². The highest BCUT2D eigenvalue weighted by atomic mass is 16.4. The van der Waals surface area contributed by atoms with Crippen molar-refractivity contribution in [3.8, 4) is 0 Å². The van der Waals surface area contributed by atoms with Gasteiger partial charge in [-0.2, -0.15) is 0 Å². The largest absolute Gasteiger partial charge is 0.481 e. The first kappa shape index (κ1) is 11.6. The highest BCUT2D eigenvalue weighted by Crippen LogP contribution is 2.50. The summed E-state index contributed by atoms with van der Waals surface area (Å²) in [6, 6.07) is 8.53. The minimum Gasteiger partial charge on any atom is -0.481 e. The maximum atomic E-state index is 10.9. The molecular formula is C15H19NO2. The summed E-state index contributed by atoms with van der Waals surface area (Å²) in [6.45, 7) is 1.98. The van der Waals surface area contributed by atoms with Crippen LogP contribution in [0.3, 0.4) is 0 Å². The first-order chi connectivity index (χ1) is 8.69. The van der Waals surface area contributed by atoms with E-state index in [1.54, 1.807) is 0 Å². The maximum absolute atomic E-state index is 10.9. The molecule has 0 spiro atoms. The SMILES string of the molecule is O=C(O)CC1(CN2CCCc3ccccc32)CC1. The lowest BCUT2D eigenvalue weighted by molar-refractivity contribution is -0.138. The molecule has 1 aliphatic heterocycles. The van der Waals surface area contributed by atoms with Gasteiger partial charge in [0.15, 0.2) is 0 Å². The Morgan fingerprint density at radius 3 is 2.83 bits per heavy atom. The molecule has 1 heterocycles. The molecule has 1 aromatic rings. The number of anilines is 1. The summed E-state index contributed by atoms with van der Waals surface area (Å²) in [5.74, 6) is -0.655. The second kappa shape index (κ2) is 4.30. The van der Waals surface area contributed by atoms with Crippen LogP contribution in [0.15, 0.2) is 24.3 Å². The number of hydrogen-bond donors (Lipinski definition) is 1. The second-order valence-corrected chi connectivity index (χ2v) is 5.72. The summed E-state index contributed by atoms with van der Waals surface area (Å²) in [7, 11) is 0. The molecule has 96 valence electrons. The van der Waals surface area contributed by atoms with E-state index in [0.717, 1.165) is 32.4 Å². The van der Waals surface area contributed by atoms with Crippen LogP contribution in [0.25, 0.3) is 0 Å². The Morgan fingerprint density at radius 2 is 2.11 bits per heavy atom. The summed E-state index contributed by atoms with van der Waals surface area (Å²) >= 11 is 0. The topological polar surface area (TPSA) is 40.5 Å². The Kier molecular flexibility index (Phi) is 2.77. The lowest BCUT2D eigenvalue weighted by atomic mass is 9.97. The van der Waals surface area contributed by atoms with Crippen LogP contribution in [-0.2, 0) is 11.2 Å². The Morgan fingerprint density at radius 1 is 1.33 bits per heavy atom. The van der Waals surface area contributed by atoms with Gasteiger partial charge in [-0.3, -0.25) is 4.79 Å². The van der Waals surface area contributed by atoms with Gasteiger partial charge in [0.05, 0.1) is 6.42 Å². The summed E-state index contributed by atoms with van der Waals surface area (Å²) in [4.78, 5) is 13.3. The van der Waals surface area contributed by atoms with Crippen molar-refractivity contribution in [2.75, 3.05) is 18.0 Å². The van der Waals surface area contributed by atoms with Gasteiger partial charge in [0, 0.05) is 18.8 Å².